The molecule has 0 aliphatic carbocycles. The van der Waals surface area contributed by atoms with E-state index in [0.717, 1.165) is 39.8 Å². The van der Waals surface area contributed by atoms with E-state index in [-0.39, 0.29) is 18.5 Å². The van der Waals surface area contributed by atoms with Crippen LogP contribution in [0.3, 0.4) is 0 Å². The number of aryl methyl sites for hydroxylation is 3. The zero-order valence-corrected chi connectivity index (χ0v) is 17.9. The van der Waals surface area contributed by atoms with Gasteiger partial charge < -0.3 is 9.84 Å². The Morgan fingerprint density at radius 3 is 2.66 bits per heavy atom. The van der Waals surface area contributed by atoms with Crippen molar-refractivity contribution in [2.45, 2.75) is 53.7 Å². The van der Waals surface area contributed by atoms with Crippen molar-refractivity contribution < 1.29 is 14.6 Å². The van der Waals surface area contributed by atoms with Crippen LogP contribution in [0.2, 0.25) is 0 Å². The van der Waals surface area contributed by atoms with Crippen molar-refractivity contribution in [1.29, 1.82) is 0 Å². The molecule has 1 atom stereocenters. The predicted molar refractivity (Wildman–Crippen MR) is 110 cm³/mol. The SMILES string of the molecule is CCn1nnc2c(C)c([C@@H](c3cc(CO)c(C)cn3)C(C)(C)C(=O)OC)ccc21. The number of aliphatic hydroxyl groups is 1. The molecule has 7 nitrogen and oxygen atoms in total. The van der Waals surface area contributed by atoms with Crippen molar-refractivity contribution in [3.05, 3.63) is 52.3 Å². The van der Waals surface area contributed by atoms with Crippen molar-refractivity contribution in [1.82, 2.24) is 20.0 Å². The van der Waals surface area contributed by atoms with Gasteiger partial charge in [-0.2, -0.15) is 0 Å². The van der Waals surface area contributed by atoms with Gasteiger partial charge >= 0.3 is 5.97 Å². The van der Waals surface area contributed by atoms with Gasteiger partial charge in [0.2, 0.25) is 0 Å². The van der Waals surface area contributed by atoms with Gasteiger partial charge in [-0.25, -0.2) is 4.68 Å². The largest absolute Gasteiger partial charge is 0.469 e. The van der Waals surface area contributed by atoms with Crippen LogP contribution >= 0.6 is 0 Å². The third-order valence-corrected chi connectivity index (χ3v) is 5.73. The maximum atomic E-state index is 12.7. The van der Waals surface area contributed by atoms with Gasteiger partial charge in [0.25, 0.3) is 0 Å². The highest BCUT2D eigenvalue weighted by molar-refractivity contribution is 5.82. The van der Waals surface area contributed by atoms with Gasteiger partial charge in [-0.05, 0) is 69.0 Å². The lowest BCUT2D eigenvalue weighted by molar-refractivity contribution is -0.151. The van der Waals surface area contributed by atoms with Gasteiger partial charge in [-0.15, -0.1) is 5.10 Å². The summed E-state index contributed by atoms with van der Waals surface area (Å²) in [5, 5.41) is 18.3. The Balaban J connectivity index is 2.28. The van der Waals surface area contributed by atoms with E-state index < -0.39 is 5.41 Å². The zero-order chi connectivity index (χ0) is 21.3. The minimum Gasteiger partial charge on any atom is -0.469 e. The summed E-state index contributed by atoms with van der Waals surface area (Å²) in [6.45, 7) is 10.3. The number of carbonyl (C=O) groups is 1. The number of benzene rings is 1. The second kappa shape index (κ2) is 7.91. The first-order valence-corrected chi connectivity index (χ1v) is 9.73. The number of hydrogen-bond donors (Lipinski definition) is 1. The highest BCUT2D eigenvalue weighted by atomic mass is 16.5. The Morgan fingerprint density at radius 1 is 1.31 bits per heavy atom. The molecule has 0 aliphatic rings. The van der Waals surface area contributed by atoms with Crippen molar-refractivity contribution in [2.75, 3.05) is 7.11 Å². The van der Waals surface area contributed by atoms with Gasteiger partial charge in [0.15, 0.2) is 0 Å². The Labute approximate surface area is 170 Å². The first-order chi connectivity index (χ1) is 13.8. The third-order valence-electron chi connectivity index (χ3n) is 5.73. The van der Waals surface area contributed by atoms with E-state index in [4.69, 9.17) is 4.74 Å². The number of carbonyl (C=O) groups excluding carboxylic acids is 1. The van der Waals surface area contributed by atoms with Crippen LogP contribution in [0.15, 0.2) is 24.4 Å². The maximum Gasteiger partial charge on any atom is 0.312 e. The first-order valence-electron chi connectivity index (χ1n) is 9.73. The molecule has 0 radical (unpaired) electrons. The Hall–Kier alpha value is -2.80. The normalized spacial score (nSPS) is 12.9. The molecule has 0 saturated heterocycles. The molecular formula is C22H28N4O3. The van der Waals surface area contributed by atoms with Crippen LogP contribution in [0.4, 0.5) is 0 Å². The minimum atomic E-state index is -0.886. The van der Waals surface area contributed by atoms with E-state index in [1.807, 2.05) is 57.5 Å². The number of esters is 1. The Bertz CT molecular complexity index is 1060. The molecule has 3 rings (SSSR count). The molecule has 0 amide bonds. The van der Waals surface area contributed by atoms with Crippen LogP contribution in [0, 0.1) is 19.3 Å². The summed E-state index contributed by atoms with van der Waals surface area (Å²) >= 11 is 0. The molecule has 0 bridgehead atoms. The molecule has 0 fully saturated rings. The van der Waals surface area contributed by atoms with Gasteiger partial charge in [-0.1, -0.05) is 11.3 Å². The molecule has 29 heavy (non-hydrogen) atoms. The number of methoxy groups -OCH3 is 1. The molecule has 0 unspecified atom stereocenters. The smallest absolute Gasteiger partial charge is 0.312 e. The lowest BCUT2D eigenvalue weighted by Crippen LogP contribution is -2.34. The lowest BCUT2D eigenvalue weighted by Gasteiger charge is -2.33. The van der Waals surface area contributed by atoms with E-state index in [2.05, 4.69) is 15.3 Å². The summed E-state index contributed by atoms with van der Waals surface area (Å²) in [5.41, 5.74) is 5.18. The first kappa shape index (κ1) is 20.9. The van der Waals surface area contributed by atoms with Crippen LogP contribution in [0.5, 0.6) is 0 Å². The van der Waals surface area contributed by atoms with Crippen LogP contribution in [0.1, 0.15) is 54.6 Å². The summed E-state index contributed by atoms with van der Waals surface area (Å²) in [6, 6.07) is 5.88. The zero-order valence-electron chi connectivity index (χ0n) is 17.9. The highest BCUT2D eigenvalue weighted by Gasteiger charge is 2.42. The van der Waals surface area contributed by atoms with Crippen molar-refractivity contribution in [3.63, 3.8) is 0 Å². The molecule has 2 aromatic heterocycles. The number of fused-ring (bicyclic) bond motifs is 1. The lowest BCUT2D eigenvalue weighted by atomic mass is 9.71. The second-order valence-corrected chi connectivity index (χ2v) is 7.89. The fraction of sp³-hybridized carbons (Fsp3) is 0.455. The van der Waals surface area contributed by atoms with Crippen LogP contribution < -0.4 is 0 Å². The van der Waals surface area contributed by atoms with Gasteiger partial charge in [0, 0.05) is 24.4 Å². The molecule has 1 aromatic carbocycles. The van der Waals surface area contributed by atoms with Crippen molar-refractivity contribution in [2.24, 2.45) is 5.41 Å². The van der Waals surface area contributed by atoms with Crippen LogP contribution in [-0.4, -0.2) is 38.2 Å². The molecule has 0 aliphatic heterocycles. The van der Waals surface area contributed by atoms with Crippen molar-refractivity contribution in [3.8, 4) is 0 Å². The molecule has 154 valence electrons. The fourth-order valence-corrected chi connectivity index (χ4v) is 3.94. The minimum absolute atomic E-state index is 0.0877. The summed E-state index contributed by atoms with van der Waals surface area (Å²) in [6.07, 6.45) is 1.74. The number of rotatable bonds is 6. The van der Waals surface area contributed by atoms with E-state index >= 15 is 0 Å². The number of pyridine rings is 1. The fourth-order valence-electron chi connectivity index (χ4n) is 3.94. The number of hydrogen-bond acceptors (Lipinski definition) is 6. The molecule has 0 spiro atoms. The average Bonchev–Trinajstić information content (AvgIpc) is 3.14. The molecule has 3 aromatic rings. The average molecular weight is 396 g/mol. The molecule has 2 heterocycles. The summed E-state index contributed by atoms with van der Waals surface area (Å²) in [7, 11) is 1.39. The second-order valence-electron chi connectivity index (χ2n) is 7.89. The number of nitrogens with zero attached hydrogens (tertiary/aromatic N) is 4. The number of aromatic nitrogens is 4. The maximum absolute atomic E-state index is 12.7. The van der Waals surface area contributed by atoms with Crippen LogP contribution in [0.25, 0.3) is 11.0 Å². The number of aliphatic hydroxyl groups excluding tert-OH is 1. The topological polar surface area (TPSA) is 90.1 Å². The van der Waals surface area contributed by atoms with E-state index in [9.17, 15) is 9.90 Å². The van der Waals surface area contributed by atoms with E-state index in [1.165, 1.54) is 7.11 Å². The summed E-state index contributed by atoms with van der Waals surface area (Å²) < 4.78 is 6.97. The Kier molecular flexibility index (Phi) is 5.71. The highest BCUT2D eigenvalue weighted by Crippen LogP contribution is 2.43. The van der Waals surface area contributed by atoms with E-state index in [1.54, 1.807) is 6.20 Å². The summed E-state index contributed by atoms with van der Waals surface area (Å²) in [5.74, 6) is -0.704. The van der Waals surface area contributed by atoms with Gasteiger partial charge in [-0.3, -0.25) is 9.78 Å². The standard InChI is InChI=1S/C22H28N4O3/c1-7-26-18-9-8-16(14(3)20(18)24-25-26)19(22(4,5)21(28)29-6)17-10-15(12-27)13(2)11-23-17/h8-11,19,27H,7,12H2,1-6H3/t19-/m0/s1. The predicted octanol–water partition coefficient (Wildman–Crippen LogP) is 3.29. The van der Waals surface area contributed by atoms with E-state index in [0.29, 0.717) is 5.69 Å². The molecule has 7 heteroatoms. The summed E-state index contributed by atoms with van der Waals surface area (Å²) in [4.78, 5) is 17.4. The molecule has 1 N–H and O–H groups in total. The number of ether oxygens (including phenoxy) is 1. The van der Waals surface area contributed by atoms with Crippen molar-refractivity contribution >= 4 is 17.0 Å². The monoisotopic (exact) mass is 396 g/mol. The Morgan fingerprint density at radius 2 is 2.03 bits per heavy atom. The molecular weight excluding hydrogens is 368 g/mol. The van der Waals surface area contributed by atoms with Gasteiger partial charge in [0.1, 0.15) is 5.52 Å². The molecule has 0 saturated carbocycles. The van der Waals surface area contributed by atoms with Gasteiger partial charge in [0.05, 0.1) is 24.6 Å². The third kappa shape index (κ3) is 3.51. The van der Waals surface area contributed by atoms with Crippen LogP contribution in [-0.2, 0) is 22.7 Å². The quantitative estimate of drug-likeness (QED) is 0.643.